The van der Waals surface area contributed by atoms with Crippen molar-refractivity contribution in [3.63, 3.8) is 0 Å². The van der Waals surface area contributed by atoms with E-state index in [1.165, 1.54) is 15.6 Å². The van der Waals surface area contributed by atoms with Crippen molar-refractivity contribution in [1.82, 2.24) is 9.21 Å². The largest absolute Gasteiger partial charge is 0.497 e. The number of sulfonamides is 1. The van der Waals surface area contributed by atoms with Gasteiger partial charge in [-0.3, -0.25) is 4.79 Å². The molecule has 2 atom stereocenters. The van der Waals surface area contributed by atoms with E-state index in [2.05, 4.69) is 0 Å². The van der Waals surface area contributed by atoms with Crippen LogP contribution in [0.4, 0.5) is 0 Å². The number of hydrogen-bond acceptors (Lipinski definition) is 6. The van der Waals surface area contributed by atoms with E-state index in [-0.39, 0.29) is 24.4 Å². The summed E-state index contributed by atoms with van der Waals surface area (Å²) in [5.41, 5.74) is 0.937. The van der Waals surface area contributed by atoms with Crippen molar-refractivity contribution in [2.45, 2.75) is 35.9 Å². The van der Waals surface area contributed by atoms with Crippen molar-refractivity contribution in [2.24, 2.45) is 5.92 Å². The van der Waals surface area contributed by atoms with E-state index in [9.17, 15) is 13.2 Å². The van der Waals surface area contributed by atoms with Gasteiger partial charge in [0.05, 0.1) is 26.2 Å². The number of carbonyl (C=O) groups is 1. The van der Waals surface area contributed by atoms with Gasteiger partial charge in [0.1, 0.15) is 15.7 Å². The molecule has 1 aromatic heterocycles. The Labute approximate surface area is 187 Å². The van der Waals surface area contributed by atoms with E-state index < -0.39 is 10.0 Å². The fourth-order valence-electron chi connectivity index (χ4n) is 4.59. The number of likely N-dealkylation sites (tertiary alicyclic amines) is 1. The topological polar surface area (TPSA) is 76.2 Å². The SMILES string of the molecule is COc1ccc(OC)c([C@H]2CCCN2C(=O)[C@@H]2CCCN(S(=O)(=O)c3cccs3)C2)c1. The summed E-state index contributed by atoms with van der Waals surface area (Å²) in [6.07, 6.45) is 3.13. The van der Waals surface area contributed by atoms with E-state index in [0.717, 1.165) is 29.9 Å². The minimum Gasteiger partial charge on any atom is -0.497 e. The van der Waals surface area contributed by atoms with Crippen LogP contribution in [-0.2, 0) is 14.8 Å². The van der Waals surface area contributed by atoms with Gasteiger partial charge in [-0.15, -0.1) is 11.3 Å². The summed E-state index contributed by atoms with van der Waals surface area (Å²) in [4.78, 5) is 15.4. The standard InChI is InChI=1S/C22H28N2O5S2/c1-28-17-9-10-20(29-2)18(14-17)19-7-4-12-24(19)22(25)16-6-3-11-23(15-16)31(26,27)21-8-5-13-30-21/h5,8-10,13-14,16,19H,3-4,6-7,11-12,15H2,1-2H3/t16-,19-/m1/s1. The number of rotatable bonds is 6. The molecule has 0 spiro atoms. The summed E-state index contributed by atoms with van der Waals surface area (Å²) in [6, 6.07) is 8.91. The third-order valence-corrected chi connectivity index (χ3v) is 9.39. The van der Waals surface area contributed by atoms with Gasteiger partial charge in [0.25, 0.3) is 10.0 Å². The Morgan fingerprint density at radius 2 is 1.90 bits per heavy atom. The van der Waals surface area contributed by atoms with Crippen LogP contribution in [0.2, 0.25) is 0 Å². The number of amides is 1. The Bertz CT molecular complexity index is 1020. The molecule has 0 N–H and O–H groups in total. The summed E-state index contributed by atoms with van der Waals surface area (Å²) in [5.74, 6) is 1.15. The first-order chi connectivity index (χ1) is 15.0. The van der Waals surface area contributed by atoms with Gasteiger partial charge in [0, 0.05) is 25.2 Å². The van der Waals surface area contributed by atoms with Crippen molar-refractivity contribution in [2.75, 3.05) is 33.9 Å². The van der Waals surface area contributed by atoms with Gasteiger partial charge >= 0.3 is 0 Å². The zero-order valence-corrected chi connectivity index (χ0v) is 19.5. The number of carbonyl (C=O) groups excluding carboxylic acids is 1. The zero-order chi connectivity index (χ0) is 22.0. The van der Waals surface area contributed by atoms with Crippen LogP contribution in [-0.4, -0.2) is 57.4 Å². The molecule has 168 valence electrons. The van der Waals surface area contributed by atoms with Gasteiger partial charge in [0.2, 0.25) is 5.91 Å². The number of benzene rings is 1. The van der Waals surface area contributed by atoms with Gasteiger partial charge < -0.3 is 14.4 Å². The minimum atomic E-state index is -3.55. The first-order valence-corrected chi connectivity index (χ1v) is 12.8. The predicted molar refractivity (Wildman–Crippen MR) is 119 cm³/mol. The van der Waals surface area contributed by atoms with Crippen LogP contribution in [0.25, 0.3) is 0 Å². The van der Waals surface area contributed by atoms with Crippen LogP contribution in [0, 0.1) is 5.92 Å². The smallest absolute Gasteiger partial charge is 0.252 e. The third kappa shape index (κ3) is 4.31. The highest BCUT2D eigenvalue weighted by Gasteiger charge is 2.39. The normalized spacial score (nSPS) is 22.5. The number of nitrogens with zero attached hydrogens (tertiary/aromatic N) is 2. The molecule has 1 amide bonds. The fourth-order valence-corrected chi connectivity index (χ4v) is 7.26. The van der Waals surface area contributed by atoms with E-state index in [1.807, 2.05) is 23.1 Å². The van der Waals surface area contributed by atoms with Crippen molar-refractivity contribution in [1.29, 1.82) is 0 Å². The Hall–Kier alpha value is -2.10. The molecule has 2 saturated heterocycles. The molecular formula is C22H28N2O5S2. The molecule has 2 aliphatic rings. The first-order valence-electron chi connectivity index (χ1n) is 10.5. The maximum atomic E-state index is 13.5. The first kappa shape index (κ1) is 22.1. The molecular weight excluding hydrogens is 436 g/mol. The van der Waals surface area contributed by atoms with Crippen LogP contribution in [0.3, 0.4) is 0 Å². The lowest BCUT2D eigenvalue weighted by atomic mass is 9.96. The molecule has 2 aliphatic heterocycles. The predicted octanol–water partition coefficient (Wildman–Crippen LogP) is 3.53. The molecule has 2 aromatic rings. The van der Waals surface area contributed by atoms with Gasteiger partial charge in [-0.1, -0.05) is 6.07 Å². The Balaban J connectivity index is 1.55. The highest BCUT2D eigenvalue weighted by molar-refractivity contribution is 7.91. The number of hydrogen-bond donors (Lipinski definition) is 0. The third-order valence-electron chi connectivity index (χ3n) is 6.15. The van der Waals surface area contributed by atoms with Gasteiger partial charge in [-0.2, -0.15) is 4.31 Å². The van der Waals surface area contributed by atoms with Gasteiger partial charge in [-0.05, 0) is 55.3 Å². The molecule has 4 rings (SSSR count). The average Bonchev–Trinajstić information content (AvgIpc) is 3.51. The number of methoxy groups -OCH3 is 2. The molecule has 3 heterocycles. The van der Waals surface area contributed by atoms with Crippen molar-refractivity contribution in [3.8, 4) is 11.5 Å². The maximum Gasteiger partial charge on any atom is 0.252 e. The molecule has 0 aliphatic carbocycles. The lowest BCUT2D eigenvalue weighted by Gasteiger charge is -2.35. The molecule has 0 bridgehead atoms. The zero-order valence-electron chi connectivity index (χ0n) is 17.8. The number of thiophene rings is 1. The molecule has 2 fully saturated rings. The van der Waals surface area contributed by atoms with Crippen molar-refractivity contribution in [3.05, 3.63) is 41.3 Å². The second-order valence-electron chi connectivity index (χ2n) is 7.93. The molecule has 31 heavy (non-hydrogen) atoms. The second-order valence-corrected chi connectivity index (χ2v) is 11.0. The van der Waals surface area contributed by atoms with E-state index in [4.69, 9.17) is 9.47 Å². The monoisotopic (exact) mass is 464 g/mol. The van der Waals surface area contributed by atoms with Gasteiger partial charge in [0.15, 0.2) is 0 Å². The number of ether oxygens (including phenoxy) is 2. The maximum absolute atomic E-state index is 13.5. The summed E-state index contributed by atoms with van der Waals surface area (Å²) >= 11 is 1.21. The lowest BCUT2D eigenvalue weighted by Crippen LogP contribution is -2.46. The molecule has 9 heteroatoms. The van der Waals surface area contributed by atoms with E-state index in [1.54, 1.807) is 31.7 Å². The van der Waals surface area contributed by atoms with Crippen LogP contribution >= 0.6 is 11.3 Å². The van der Waals surface area contributed by atoms with E-state index in [0.29, 0.717) is 30.1 Å². The summed E-state index contributed by atoms with van der Waals surface area (Å²) in [6.45, 7) is 1.35. The second kappa shape index (κ2) is 9.18. The molecule has 0 saturated carbocycles. The van der Waals surface area contributed by atoms with Crippen molar-refractivity contribution < 1.29 is 22.7 Å². The van der Waals surface area contributed by atoms with E-state index >= 15 is 0 Å². The summed E-state index contributed by atoms with van der Waals surface area (Å²) in [5, 5.41) is 1.76. The Kier molecular flexibility index (Phi) is 6.55. The van der Waals surface area contributed by atoms with Crippen LogP contribution in [0.5, 0.6) is 11.5 Å². The highest BCUT2D eigenvalue weighted by Crippen LogP contribution is 2.40. The fraction of sp³-hybridized carbons (Fsp3) is 0.500. The summed E-state index contributed by atoms with van der Waals surface area (Å²) in [7, 11) is -0.305. The van der Waals surface area contributed by atoms with Crippen LogP contribution in [0.1, 0.15) is 37.3 Å². The van der Waals surface area contributed by atoms with Crippen molar-refractivity contribution >= 4 is 27.3 Å². The van der Waals surface area contributed by atoms with Gasteiger partial charge in [-0.25, -0.2) is 8.42 Å². The van der Waals surface area contributed by atoms with Crippen LogP contribution in [0.15, 0.2) is 39.9 Å². The minimum absolute atomic E-state index is 0.0263. The Morgan fingerprint density at radius 3 is 2.61 bits per heavy atom. The highest BCUT2D eigenvalue weighted by atomic mass is 32.2. The average molecular weight is 465 g/mol. The lowest BCUT2D eigenvalue weighted by molar-refractivity contribution is -0.137. The Morgan fingerprint density at radius 1 is 1.10 bits per heavy atom. The number of piperidine rings is 1. The molecule has 0 radical (unpaired) electrons. The molecule has 1 aromatic carbocycles. The van der Waals surface area contributed by atoms with Crippen LogP contribution < -0.4 is 9.47 Å². The molecule has 0 unspecified atom stereocenters. The quantitative estimate of drug-likeness (QED) is 0.654. The summed E-state index contributed by atoms with van der Waals surface area (Å²) < 4.78 is 38.7. The molecule has 7 nitrogen and oxygen atoms in total.